The lowest BCUT2D eigenvalue weighted by molar-refractivity contribution is 0.671. The first-order chi connectivity index (χ1) is 23.3. The van der Waals surface area contributed by atoms with Crippen molar-refractivity contribution in [3.8, 4) is 39.1 Å². The van der Waals surface area contributed by atoms with Gasteiger partial charge in [0.1, 0.15) is 11.2 Å². The summed E-state index contributed by atoms with van der Waals surface area (Å²) in [6, 6.07) is 58.6. The van der Waals surface area contributed by atoms with E-state index in [-0.39, 0.29) is 0 Å². The molecule has 0 unspecified atom stereocenters. The molecule has 0 aliphatic heterocycles. The number of thiophene rings is 1. The predicted molar refractivity (Wildman–Crippen MR) is 200 cm³/mol. The van der Waals surface area contributed by atoms with Gasteiger partial charge in [-0.1, -0.05) is 140 Å². The molecule has 10 aromatic rings. The third-order valence-electron chi connectivity index (χ3n) is 9.43. The Morgan fingerprint density at radius 3 is 1.85 bits per heavy atom. The highest BCUT2D eigenvalue weighted by atomic mass is 32.1. The normalized spacial score (nSPS) is 11.8. The Bertz CT molecular complexity index is 2780. The fraction of sp³-hybridized carbons (Fsp3) is 0. The van der Waals surface area contributed by atoms with E-state index in [1.165, 1.54) is 48.0 Å². The van der Waals surface area contributed by atoms with Crippen LogP contribution in [0.3, 0.4) is 0 Å². The number of furan rings is 1. The van der Waals surface area contributed by atoms with E-state index in [1.54, 1.807) is 0 Å². The summed E-state index contributed by atoms with van der Waals surface area (Å²) in [5, 5.41) is 4.84. The summed E-state index contributed by atoms with van der Waals surface area (Å²) in [5.74, 6) is 0. The van der Waals surface area contributed by atoms with Crippen LogP contribution >= 0.6 is 11.3 Å². The number of hydrogen-bond acceptors (Lipinski definition) is 2. The first kappa shape index (κ1) is 26.3. The first-order valence-corrected chi connectivity index (χ1v) is 16.8. The number of aromatic nitrogens is 1. The standard InChI is InChI=1S/C44H27NOS/c1-3-13-28(14-4-1)32-20-11-22-35-36-23-12-21-34(43(36)46-42(32)35)33-18-8-7-17-31(33)29-25-26-38-40(27-29)47-44-37-19-9-10-24-39(37)45(41(38)44)30-15-5-2-6-16-30/h1-27H. The third kappa shape index (κ3) is 3.97. The zero-order chi connectivity index (χ0) is 30.9. The van der Waals surface area contributed by atoms with Gasteiger partial charge >= 0.3 is 0 Å². The SMILES string of the molecule is c1ccc(-c2cccc3c2oc2c(-c4ccccc4-c4ccc5c(c4)sc4c6ccccc6n(-c6ccccc6)c54)cccc23)cc1. The monoisotopic (exact) mass is 617 g/mol. The number of benzene rings is 7. The van der Waals surface area contributed by atoms with Crippen molar-refractivity contribution in [2.24, 2.45) is 0 Å². The molecule has 7 aromatic carbocycles. The van der Waals surface area contributed by atoms with Crippen molar-refractivity contribution in [3.05, 3.63) is 164 Å². The zero-order valence-electron chi connectivity index (χ0n) is 25.4. The summed E-state index contributed by atoms with van der Waals surface area (Å²) in [6.07, 6.45) is 0. The molecular weight excluding hydrogens is 591 g/mol. The molecule has 10 rings (SSSR count). The van der Waals surface area contributed by atoms with Gasteiger partial charge in [-0.15, -0.1) is 11.3 Å². The van der Waals surface area contributed by atoms with Gasteiger partial charge in [0, 0.05) is 43.1 Å². The molecule has 0 atom stereocenters. The lowest BCUT2D eigenvalue weighted by atomic mass is 9.93. The van der Waals surface area contributed by atoms with Crippen molar-refractivity contribution in [1.29, 1.82) is 0 Å². The van der Waals surface area contributed by atoms with Crippen molar-refractivity contribution in [2.75, 3.05) is 0 Å². The summed E-state index contributed by atoms with van der Waals surface area (Å²) >= 11 is 1.88. The second-order valence-electron chi connectivity index (χ2n) is 12.1. The molecule has 0 aliphatic carbocycles. The average molecular weight is 618 g/mol. The molecular formula is C44H27NOS. The van der Waals surface area contributed by atoms with E-state index in [4.69, 9.17) is 4.42 Å². The van der Waals surface area contributed by atoms with Crippen molar-refractivity contribution >= 4 is 64.5 Å². The van der Waals surface area contributed by atoms with E-state index in [0.717, 1.165) is 44.2 Å². The maximum absolute atomic E-state index is 6.81. The molecule has 220 valence electrons. The minimum atomic E-state index is 0.921. The van der Waals surface area contributed by atoms with E-state index in [1.807, 2.05) is 11.3 Å². The highest BCUT2D eigenvalue weighted by Crippen LogP contribution is 2.46. The lowest BCUT2D eigenvalue weighted by Gasteiger charge is -2.11. The summed E-state index contributed by atoms with van der Waals surface area (Å²) in [7, 11) is 0. The van der Waals surface area contributed by atoms with Crippen LogP contribution < -0.4 is 0 Å². The summed E-state index contributed by atoms with van der Waals surface area (Å²) < 4.78 is 11.8. The maximum atomic E-state index is 6.81. The van der Waals surface area contributed by atoms with Gasteiger partial charge in [-0.3, -0.25) is 0 Å². The molecule has 0 saturated carbocycles. The van der Waals surface area contributed by atoms with Crippen LogP contribution in [0.4, 0.5) is 0 Å². The van der Waals surface area contributed by atoms with E-state index < -0.39 is 0 Å². The Kier molecular flexibility index (Phi) is 5.78. The van der Waals surface area contributed by atoms with E-state index in [2.05, 4.69) is 168 Å². The molecule has 47 heavy (non-hydrogen) atoms. The van der Waals surface area contributed by atoms with Crippen LogP contribution in [0.25, 0.3) is 92.2 Å². The molecule has 0 aliphatic rings. The molecule has 0 fully saturated rings. The third-order valence-corrected chi connectivity index (χ3v) is 10.6. The van der Waals surface area contributed by atoms with Crippen LogP contribution in [0.5, 0.6) is 0 Å². The Hall–Kier alpha value is -5.90. The Morgan fingerprint density at radius 2 is 1.04 bits per heavy atom. The van der Waals surface area contributed by atoms with Crippen molar-refractivity contribution in [3.63, 3.8) is 0 Å². The number of hydrogen-bond donors (Lipinski definition) is 0. The molecule has 3 heteroatoms. The van der Waals surface area contributed by atoms with E-state index >= 15 is 0 Å². The summed E-state index contributed by atoms with van der Waals surface area (Å²) in [5.41, 5.74) is 12.5. The van der Waals surface area contributed by atoms with Crippen LogP contribution in [0.2, 0.25) is 0 Å². The minimum absolute atomic E-state index is 0.921. The maximum Gasteiger partial charge on any atom is 0.143 e. The van der Waals surface area contributed by atoms with Gasteiger partial charge in [-0.2, -0.15) is 0 Å². The minimum Gasteiger partial charge on any atom is -0.455 e. The van der Waals surface area contributed by atoms with Crippen molar-refractivity contribution < 1.29 is 4.42 Å². The number of para-hydroxylation sites is 4. The van der Waals surface area contributed by atoms with Gasteiger partial charge < -0.3 is 8.98 Å². The number of nitrogens with zero attached hydrogens (tertiary/aromatic N) is 1. The van der Waals surface area contributed by atoms with Gasteiger partial charge in [0.15, 0.2) is 0 Å². The van der Waals surface area contributed by atoms with Crippen LogP contribution in [0.1, 0.15) is 0 Å². The Labute approximate surface area is 275 Å². The lowest BCUT2D eigenvalue weighted by Crippen LogP contribution is -1.92. The fourth-order valence-corrected chi connectivity index (χ4v) is 8.59. The molecule has 0 saturated heterocycles. The van der Waals surface area contributed by atoms with Crippen molar-refractivity contribution in [1.82, 2.24) is 4.57 Å². The fourth-order valence-electron chi connectivity index (χ4n) is 7.33. The second-order valence-corrected chi connectivity index (χ2v) is 13.1. The van der Waals surface area contributed by atoms with Gasteiger partial charge in [-0.05, 0) is 46.5 Å². The molecule has 2 nitrogen and oxygen atoms in total. The average Bonchev–Trinajstić information content (AvgIpc) is 3.81. The Balaban J connectivity index is 1.17. The smallest absolute Gasteiger partial charge is 0.143 e. The second kappa shape index (κ2) is 10.3. The first-order valence-electron chi connectivity index (χ1n) is 15.9. The zero-order valence-corrected chi connectivity index (χ0v) is 26.2. The summed E-state index contributed by atoms with van der Waals surface area (Å²) in [4.78, 5) is 0. The molecule has 3 aromatic heterocycles. The molecule has 0 bridgehead atoms. The largest absolute Gasteiger partial charge is 0.455 e. The highest BCUT2D eigenvalue weighted by Gasteiger charge is 2.20. The van der Waals surface area contributed by atoms with Gasteiger partial charge in [0.25, 0.3) is 0 Å². The molecule has 0 amide bonds. The van der Waals surface area contributed by atoms with Crippen LogP contribution in [0, 0.1) is 0 Å². The van der Waals surface area contributed by atoms with Gasteiger partial charge in [0.05, 0.1) is 15.7 Å². The summed E-state index contributed by atoms with van der Waals surface area (Å²) in [6.45, 7) is 0. The quantitative estimate of drug-likeness (QED) is 0.192. The van der Waals surface area contributed by atoms with Crippen LogP contribution in [-0.4, -0.2) is 4.57 Å². The van der Waals surface area contributed by atoms with Crippen molar-refractivity contribution in [2.45, 2.75) is 0 Å². The molecule has 0 spiro atoms. The highest BCUT2D eigenvalue weighted by molar-refractivity contribution is 7.26. The topological polar surface area (TPSA) is 18.1 Å². The van der Waals surface area contributed by atoms with Crippen LogP contribution in [-0.2, 0) is 0 Å². The number of rotatable bonds is 4. The van der Waals surface area contributed by atoms with Gasteiger partial charge in [0.2, 0.25) is 0 Å². The predicted octanol–water partition coefficient (Wildman–Crippen LogP) is 12.9. The van der Waals surface area contributed by atoms with Gasteiger partial charge in [-0.25, -0.2) is 0 Å². The molecule has 3 heterocycles. The molecule has 0 radical (unpaired) electrons. The van der Waals surface area contributed by atoms with E-state index in [0.29, 0.717) is 0 Å². The van der Waals surface area contributed by atoms with Crippen LogP contribution in [0.15, 0.2) is 168 Å². The van der Waals surface area contributed by atoms with E-state index in [9.17, 15) is 0 Å². The number of fused-ring (bicyclic) bond motifs is 8. The Morgan fingerprint density at radius 1 is 0.426 bits per heavy atom. The molecule has 0 N–H and O–H groups in total.